The largest absolute Gasteiger partial charge is 0.467 e. The molecule has 0 aliphatic heterocycles. The van der Waals surface area contributed by atoms with E-state index in [0.29, 0.717) is 41.5 Å². The monoisotopic (exact) mass is 469 g/mol. The fourth-order valence-electron chi connectivity index (χ4n) is 3.83. The predicted octanol–water partition coefficient (Wildman–Crippen LogP) is 2.34. The summed E-state index contributed by atoms with van der Waals surface area (Å²) in [6.45, 7) is 4.17. The van der Waals surface area contributed by atoms with Gasteiger partial charge >= 0.3 is 5.69 Å². The fourth-order valence-corrected chi connectivity index (χ4v) is 3.96. The van der Waals surface area contributed by atoms with Gasteiger partial charge in [-0.15, -0.1) is 0 Å². The Morgan fingerprint density at radius 3 is 2.55 bits per heavy atom. The maximum atomic E-state index is 13.3. The topological polar surface area (TPSA) is 104 Å². The van der Waals surface area contributed by atoms with Crippen molar-refractivity contribution in [3.05, 3.63) is 85.5 Å². The summed E-state index contributed by atoms with van der Waals surface area (Å²) in [5.41, 5.74) is 1.15. The molecule has 172 valence electrons. The van der Waals surface area contributed by atoms with Crippen molar-refractivity contribution >= 4 is 28.5 Å². The molecule has 0 bridgehead atoms. The molecule has 0 saturated heterocycles. The fraction of sp³-hybridized carbons (Fsp3) is 0.304. The third kappa shape index (κ3) is 4.63. The van der Waals surface area contributed by atoms with E-state index < -0.39 is 11.2 Å². The zero-order valence-electron chi connectivity index (χ0n) is 18.4. The van der Waals surface area contributed by atoms with Gasteiger partial charge in [-0.3, -0.25) is 23.4 Å². The number of carbonyl (C=O) groups is 1. The number of amides is 1. The maximum absolute atomic E-state index is 13.3. The standard InChI is InChI=1S/C23H24ClN5O4/c1-3-29-21-20(15(2)26-29)27(23(32)28(22(21)31)13-18-5-4-12-33-18)14-19(30)25-11-10-16-6-8-17(24)9-7-16/h4-9,12H,3,10-11,13-14H2,1-2H3,(H,25,30). The van der Waals surface area contributed by atoms with Crippen LogP contribution in [0.2, 0.25) is 5.02 Å². The number of aromatic nitrogens is 4. The normalized spacial score (nSPS) is 11.2. The van der Waals surface area contributed by atoms with Gasteiger partial charge < -0.3 is 9.73 Å². The van der Waals surface area contributed by atoms with E-state index in [0.717, 1.165) is 10.1 Å². The highest BCUT2D eigenvalue weighted by Gasteiger charge is 2.22. The number of halogens is 1. The molecule has 0 spiro atoms. The molecule has 10 heteroatoms. The highest BCUT2D eigenvalue weighted by molar-refractivity contribution is 6.30. The molecule has 1 aromatic carbocycles. The van der Waals surface area contributed by atoms with Crippen LogP contribution in [0.1, 0.15) is 23.9 Å². The summed E-state index contributed by atoms with van der Waals surface area (Å²) >= 11 is 5.90. The van der Waals surface area contributed by atoms with E-state index in [1.807, 2.05) is 19.1 Å². The van der Waals surface area contributed by atoms with Gasteiger partial charge in [-0.2, -0.15) is 5.10 Å². The van der Waals surface area contributed by atoms with E-state index in [9.17, 15) is 14.4 Å². The first-order valence-electron chi connectivity index (χ1n) is 10.6. The van der Waals surface area contributed by atoms with Gasteiger partial charge in [0.2, 0.25) is 5.91 Å². The molecule has 0 radical (unpaired) electrons. The summed E-state index contributed by atoms with van der Waals surface area (Å²) in [7, 11) is 0. The van der Waals surface area contributed by atoms with Gasteiger partial charge in [0.05, 0.1) is 18.5 Å². The Bertz CT molecular complexity index is 1400. The van der Waals surface area contributed by atoms with Gasteiger partial charge in [0.25, 0.3) is 5.56 Å². The second-order valence-corrected chi connectivity index (χ2v) is 8.10. The second-order valence-electron chi connectivity index (χ2n) is 7.66. The van der Waals surface area contributed by atoms with Crippen LogP contribution in [0.15, 0.2) is 56.7 Å². The number of nitrogens with zero attached hydrogens (tertiary/aromatic N) is 4. The van der Waals surface area contributed by atoms with Crippen molar-refractivity contribution < 1.29 is 9.21 Å². The quantitative estimate of drug-likeness (QED) is 0.426. The van der Waals surface area contributed by atoms with Crippen LogP contribution < -0.4 is 16.6 Å². The summed E-state index contributed by atoms with van der Waals surface area (Å²) in [5, 5.41) is 7.90. The summed E-state index contributed by atoms with van der Waals surface area (Å²) in [6, 6.07) is 10.8. The highest BCUT2D eigenvalue weighted by Crippen LogP contribution is 2.14. The first-order valence-corrected chi connectivity index (χ1v) is 11.0. The highest BCUT2D eigenvalue weighted by atomic mass is 35.5. The van der Waals surface area contributed by atoms with Gasteiger partial charge in [-0.25, -0.2) is 4.79 Å². The van der Waals surface area contributed by atoms with Crippen LogP contribution in [0.3, 0.4) is 0 Å². The summed E-state index contributed by atoms with van der Waals surface area (Å²) < 4.78 is 9.27. The van der Waals surface area contributed by atoms with Crippen molar-refractivity contribution in [2.75, 3.05) is 6.54 Å². The molecule has 9 nitrogen and oxygen atoms in total. The molecule has 0 saturated carbocycles. The average Bonchev–Trinajstić information content (AvgIpc) is 3.43. The van der Waals surface area contributed by atoms with Crippen LogP contribution in [0.4, 0.5) is 0 Å². The lowest BCUT2D eigenvalue weighted by molar-refractivity contribution is -0.121. The molecular formula is C23H24ClN5O4. The number of fused-ring (bicyclic) bond motifs is 1. The molecule has 0 fully saturated rings. The van der Waals surface area contributed by atoms with E-state index in [1.165, 1.54) is 10.8 Å². The van der Waals surface area contributed by atoms with Crippen LogP contribution in [-0.2, 0) is 30.8 Å². The van der Waals surface area contributed by atoms with Gasteiger partial charge in [-0.05, 0) is 50.1 Å². The Morgan fingerprint density at radius 2 is 1.88 bits per heavy atom. The zero-order valence-corrected chi connectivity index (χ0v) is 19.1. The van der Waals surface area contributed by atoms with E-state index in [4.69, 9.17) is 16.0 Å². The van der Waals surface area contributed by atoms with Crippen LogP contribution >= 0.6 is 11.6 Å². The number of carbonyl (C=O) groups excluding carboxylic acids is 1. The Hall–Kier alpha value is -3.59. The van der Waals surface area contributed by atoms with Crippen LogP contribution in [0.5, 0.6) is 0 Å². The minimum Gasteiger partial charge on any atom is -0.467 e. The molecule has 1 N–H and O–H groups in total. The molecule has 3 aromatic heterocycles. The van der Waals surface area contributed by atoms with Crippen molar-refractivity contribution in [1.82, 2.24) is 24.2 Å². The van der Waals surface area contributed by atoms with Crippen molar-refractivity contribution in [2.24, 2.45) is 0 Å². The van der Waals surface area contributed by atoms with Crippen molar-refractivity contribution in [3.63, 3.8) is 0 Å². The lowest BCUT2D eigenvalue weighted by atomic mass is 10.1. The van der Waals surface area contributed by atoms with Gasteiger partial charge in [-0.1, -0.05) is 23.7 Å². The van der Waals surface area contributed by atoms with Crippen LogP contribution in [0, 0.1) is 6.92 Å². The molecule has 33 heavy (non-hydrogen) atoms. The van der Waals surface area contributed by atoms with E-state index in [2.05, 4.69) is 10.4 Å². The minimum atomic E-state index is -0.587. The number of nitrogens with one attached hydrogen (secondary N) is 1. The molecule has 0 atom stereocenters. The number of hydrogen-bond acceptors (Lipinski definition) is 5. The Labute approximate surface area is 194 Å². The van der Waals surface area contributed by atoms with E-state index in [1.54, 1.807) is 35.9 Å². The van der Waals surface area contributed by atoms with Crippen LogP contribution in [-0.4, -0.2) is 31.4 Å². The lowest BCUT2D eigenvalue weighted by Gasteiger charge is -2.13. The number of benzene rings is 1. The van der Waals surface area contributed by atoms with E-state index in [-0.39, 0.29) is 24.5 Å². The number of furan rings is 1. The Kier molecular flexibility index (Phi) is 6.50. The van der Waals surface area contributed by atoms with E-state index >= 15 is 0 Å². The van der Waals surface area contributed by atoms with Gasteiger partial charge in [0.15, 0.2) is 5.52 Å². The maximum Gasteiger partial charge on any atom is 0.332 e. The minimum absolute atomic E-state index is 0.0350. The molecule has 0 aliphatic carbocycles. The van der Waals surface area contributed by atoms with Crippen molar-refractivity contribution in [2.45, 2.75) is 39.9 Å². The number of hydrogen-bond donors (Lipinski definition) is 1. The summed E-state index contributed by atoms with van der Waals surface area (Å²) in [6.07, 6.45) is 2.10. The lowest BCUT2D eigenvalue weighted by Crippen LogP contribution is -2.43. The third-order valence-corrected chi connectivity index (χ3v) is 5.67. The zero-order chi connectivity index (χ0) is 23.5. The molecule has 4 aromatic rings. The summed E-state index contributed by atoms with van der Waals surface area (Å²) in [4.78, 5) is 39.2. The number of rotatable bonds is 8. The molecule has 0 aliphatic rings. The first kappa shape index (κ1) is 22.6. The van der Waals surface area contributed by atoms with Crippen molar-refractivity contribution in [1.29, 1.82) is 0 Å². The Morgan fingerprint density at radius 1 is 1.12 bits per heavy atom. The summed E-state index contributed by atoms with van der Waals surface area (Å²) in [5.74, 6) is 0.131. The SMILES string of the molecule is CCn1nc(C)c2c1c(=O)n(Cc1ccco1)c(=O)n2CC(=O)NCCc1ccc(Cl)cc1. The predicted molar refractivity (Wildman–Crippen MR) is 125 cm³/mol. The van der Waals surface area contributed by atoms with Crippen molar-refractivity contribution in [3.8, 4) is 0 Å². The average molecular weight is 470 g/mol. The first-order chi connectivity index (χ1) is 15.9. The third-order valence-electron chi connectivity index (χ3n) is 5.42. The Balaban J connectivity index is 1.64. The molecule has 0 unspecified atom stereocenters. The molecule has 4 rings (SSSR count). The molecule has 3 heterocycles. The van der Waals surface area contributed by atoms with Gasteiger partial charge in [0, 0.05) is 18.1 Å². The molecule has 1 amide bonds. The van der Waals surface area contributed by atoms with Crippen LogP contribution in [0.25, 0.3) is 11.0 Å². The second kappa shape index (κ2) is 9.50. The smallest absolute Gasteiger partial charge is 0.332 e. The van der Waals surface area contributed by atoms with Gasteiger partial charge in [0.1, 0.15) is 17.8 Å². The number of aryl methyl sites for hydroxylation is 2. The molecular weight excluding hydrogens is 446 g/mol.